The summed E-state index contributed by atoms with van der Waals surface area (Å²) in [5.74, 6) is -0.221. The maximum Gasteiger partial charge on any atom is 0.287 e. The Bertz CT molecular complexity index is 910. The molecule has 2 amide bonds. The molecule has 2 heterocycles. The van der Waals surface area contributed by atoms with Gasteiger partial charge in [0.25, 0.3) is 5.91 Å². The molecular weight excluding hydrogens is 378 g/mol. The Balaban J connectivity index is 1.37. The number of amides is 2. The van der Waals surface area contributed by atoms with E-state index < -0.39 is 0 Å². The topological polar surface area (TPSA) is 67.0 Å². The number of piperazine rings is 1. The molecule has 1 aliphatic heterocycles. The summed E-state index contributed by atoms with van der Waals surface area (Å²) in [7, 11) is 0. The summed E-state index contributed by atoms with van der Waals surface area (Å²) in [6.07, 6.45) is 1.44. The van der Waals surface area contributed by atoms with Crippen molar-refractivity contribution in [2.24, 2.45) is 0 Å². The van der Waals surface area contributed by atoms with Gasteiger partial charge in [0, 0.05) is 11.1 Å². The van der Waals surface area contributed by atoms with Crippen molar-refractivity contribution in [1.29, 1.82) is 0 Å². The van der Waals surface area contributed by atoms with Crippen molar-refractivity contribution in [2.75, 3.05) is 32.7 Å². The maximum absolute atomic E-state index is 12.6. The Morgan fingerprint density at radius 1 is 0.900 bits per heavy atom. The molecule has 2 aromatic carbocycles. The van der Waals surface area contributed by atoms with Crippen LogP contribution in [0.5, 0.6) is 0 Å². The fraction of sp³-hybridized carbons (Fsp3) is 0.250. The summed E-state index contributed by atoms with van der Waals surface area (Å²) < 4.78 is 5.06. The molecule has 1 aromatic heterocycles. The lowest BCUT2D eigenvalue weighted by Crippen LogP contribution is -3.15. The van der Waals surface area contributed by atoms with E-state index in [1.165, 1.54) is 22.3 Å². The first-order valence-electron chi connectivity index (χ1n) is 10.3. The van der Waals surface area contributed by atoms with E-state index in [4.69, 9.17) is 4.42 Å². The quantitative estimate of drug-likeness (QED) is 0.655. The van der Waals surface area contributed by atoms with Gasteiger partial charge in [-0.15, -0.1) is 0 Å². The van der Waals surface area contributed by atoms with E-state index in [1.807, 2.05) is 17.0 Å². The van der Waals surface area contributed by atoms with Gasteiger partial charge in [0.15, 0.2) is 5.76 Å². The van der Waals surface area contributed by atoms with E-state index in [2.05, 4.69) is 53.8 Å². The standard InChI is InChI=1S/C24H25N3O3/c28-22(18-25-24(29)21-12-7-17-30-21)26-13-15-27(16-14-26)23(19-8-3-1-4-9-19)20-10-5-2-6-11-20/h1-12,17,23H,13-16,18H2,(H,25,29)/p+1. The Labute approximate surface area is 176 Å². The monoisotopic (exact) mass is 404 g/mol. The highest BCUT2D eigenvalue weighted by Crippen LogP contribution is 2.19. The molecule has 3 aromatic rings. The van der Waals surface area contributed by atoms with Crippen LogP contribution in [-0.2, 0) is 4.79 Å². The summed E-state index contributed by atoms with van der Waals surface area (Å²) in [6.45, 7) is 3.02. The van der Waals surface area contributed by atoms with Crippen molar-refractivity contribution in [2.45, 2.75) is 6.04 Å². The molecule has 6 heteroatoms. The zero-order chi connectivity index (χ0) is 20.8. The minimum Gasteiger partial charge on any atom is -0.459 e. The summed E-state index contributed by atoms with van der Waals surface area (Å²) in [6, 6.07) is 24.5. The van der Waals surface area contributed by atoms with Crippen LogP contribution in [0.15, 0.2) is 83.5 Å². The summed E-state index contributed by atoms with van der Waals surface area (Å²) in [4.78, 5) is 27.8. The van der Waals surface area contributed by atoms with Gasteiger partial charge < -0.3 is 19.5 Å². The molecule has 1 aliphatic rings. The Hall–Kier alpha value is -3.38. The lowest BCUT2D eigenvalue weighted by molar-refractivity contribution is -0.929. The van der Waals surface area contributed by atoms with Gasteiger partial charge in [-0.3, -0.25) is 9.59 Å². The SMILES string of the molecule is O=C(NCC(=O)N1CC[NH+](C(c2ccccc2)c2ccccc2)CC1)c1ccco1. The highest BCUT2D eigenvalue weighted by atomic mass is 16.3. The minimum absolute atomic E-state index is 0.0182. The molecule has 1 fully saturated rings. The number of hydrogen-bond donors (Lipinski definition) is 2. The van der Waals surface area contributed by atoms with Crippen molar-refractivity contribution < 1.29 is 18.9 Å². The van der Waals surface area contributed by atoms with Crippen LogP contribution < -0.4 is 10.2 Å². The van der Waals surface area contributed by atoms with Crippen molar-refractivity contribution >= 4 is 11.8 Å². The van der Waals surface area contributed by atoms with Gasteiger partial charge in [0.2, 0.25) is 5.91 Å². The molecule has 0 saturated carbocycles. The number of nitrogens with one attached hydrogen (secondary N) is 2. The molecule has 0 bridgehead atoms. The third-order valence-electron chi connectivity index (χ3n) is 5.58. The zero-order valence-electron chi connectivity index (χ0n) is 16.8. The predicted molar refractivity (Wildman–Crippen MR) is 113 cm³/mol. The molecule has 4 rings (SSSR count). The predicted octanol–water partition coefficient (Wildman–Crippen LogP) is 1.53. The van der Waals surface area contributed by atoms with Gasteiger partial charge in [-0.25, -0.2) is 0 Å². The third kappa shape index (κ3) is 4.60. The van der Waals surface area contributed by atoms with Gasteiger partial charge in [-0.05, 0) is 12.1 Å². The van der Waals surface area contributed by atoms with Crippen LogP contribution in [-0.4, -0.2) is 49.4 Å². The first-order valence-corrected chi connectivity index (χ1v) is 10.3. The molecular formula is C24H26N3O3+. The molecule has 1 saturated heterocycles. The lowest BCUT2D eigenvalue weighted by Gasteiger charge is -2.37. The summed E-state index contributed by atoms with van der Waals surface area (Å²) in [5.41, 5.74) is 2.56. The number of hydrogen-bond acceptors (Lipinski definition) is 3. The molecule has 0 radical (unpaired) electrons. The number of carbonyl (C=O) groups is 2. The third-order valence-corrected chi connectivity index (χ3v) is 5.58. The van der Waals surface area contributed by atoms with Gasteiger partial charge in [-0.1, -0.05) is 60.7 Å². The Morgan fingerprint density at radius 2 is 1.50 bits per heavy atom. The Kier molecular flexibility index (Phi) is 6.25. The second kappa shape index (κ2) is 9.41. The number of rotatable bonds is 6. The summed E-state index contributed by atoms with van der Waals surface area (Å²) >= 11 is 0. The van der Waals surface area contributed by atoms with E-state index >= 15 is 0 Å². The molecule has 0 atom stereocenters. The number of carbonyl (C=O) groups excluding carboxylic acids is 2. The first kappa shape index (κ1) is 19.9. The average molecular weight is 404 g/mol. The van der Waals surface area contributed by atoms with Gasteiger partial charge >= 0.3 is 0 Å². The van der Waals surface area contributed by atoms with Crippen LogP contribution in [0.3, 0.4) is 0 Å². The second-order valence-electron chi connectivity index (χ2n) is 7.45. The van der Waals surface area contributed by atoms with Crippen molar-refractivity contribution in [1.82, 2.24) is 10.2 Å². The molecule has 0 aliphatic carbocycles. The number of nitrogens with zero attached hydrogens (tertiary/aromatic N) is 1. The molecule has 6 nitrogen and oxygen atoms in total. The minimum atomic E-state index is -0.370. The zero-order valence-corrected chi connectivity index (χ0v) is 16.8. The van der Waals surface area contributed by atoms with Gasteiger partial charge in [-0.2, -0.15) is 0 Å². The first-order chi connectivity index (χ1) is 14.7. The van der Waals surface area contributed by atoms with E-state index in [0.29, 0.717) is 13.1 Å². The van der Waals surface area contributed by atoms with Crippen LogP contribution in [0, 0.1) is 0 Å². The highest BCUT2D eigenvalue weighted by Gasteiger charge is 2.31. The molecule has 0 unspecified atom stereocenters. The molecule has 2 N–H and O–H groups in total. The molecule has 30 heavy (non-hydrogen) atoms. The Morgan fingerprint density at radius 3 is 2.03 bits per heavy atom. The number of quaternary nitrogens is 1. The number of benzene rings is 2. The van der Waals surface area contributed by atoms with Crippen molar-refractivity contribution in [3.63, 3.8) is 0 Å². The van der Waals surface area contributed by atoms with Crippen molar-refractivity contribution in [3.8, 4) is 0 Å². The van der Waals surface area contributed by atoms with Gasteiger partial charge in [0.05, 0.1) is 39.0 Å². The normalized spacial score (nSPS) is 14.6. The molecule has 154 valence electrons. The largest absolute Gasteiger partial charge is 0.459 e. The van der Waals surface area contributed by atoms with Crippen LogP contribution in [0.2, 0.25) is 0 Å². The van der Waals surface area contributed by atoms with E-state index in [-0.39, 0.29) is 30.2 Å². The van der Waals surface area contributed by atoms with Crippen molar-refractivity contribution in [3.05, 3.63) is 95.9 Å². The fourth-order valence-corrected chi connectivity index (χ4v) is 4.05. The lowest BCUT2D eigenvalue weighted by atomic mass is 9.96. The van der Waals surface area contributed by atoms with Crippen LogP contribution >= 0.6 is 0 Å². The summed E-state index contributed by atoms with van der Waals surface area (Å²) in [5, 5.41) is 2.64. The smallest absolute Gasteiger partial charge is 0.287 e. The van der Waals surface area contributed by atoms with Crippen LogP contribution in [0.1, 0.15) is 27.7 Å². The average Bonchev–Trinajstić information content (AvgIpc) is 3.35. The second-order valence-corrected chi connectivity index (χ2v) is 7.45. The maximum atomic E-state index is 12.6. The van der Waals surface area contributed by atoms with E-state index in [9.17, 15) is 9.59 Å². The molecule has 0 spiro atoms. The van der Waals surface area contributed by atoms with Gasteiger partial charge in [0.1, 0.15) is 6.04 Å². The fourth-order valence-electron chi connectivity index (χ4n) is 4.05. The van der Waals surface area contributed by atoms with Crippen LogP contribution in [0.25, 0.3) is 0 Å². The van der Waals surface area contributed by atoms with E-state index in [0.717, 1.165) is 13.1 Å². The highest BCUT2D eigenvalue weighted by molar-refractivity contribution is 5.94. The van der Waals surface area contributed by atoms with Crippen LogP contribution in [0.4, 0.5) is 0 Å². The van der Waals surface area contributed by atoms with E-state index in [1.54, 1.807) is 12.1 Å². The number of furan rings is 1.